The smallest absolute Gasteiger partial charge is 0.300 e. The fourth-order valence-corrected chi connectivity index (χ4v) is 4.32. The van der Waals surface area contributed by atoms with E-state index in [0.29, 0.717) is 11.7 Å². The molecule has 3 aromatic rings. The van der Waals surface area contributed by atoms with E-state index >= 15 is 0 Å². The van der Waals surface area contributed by atoms with Crippen molar-refractivity contribution in [3.63, 3.8) is 0 Å². The third-order valence-electron chi connectivity index (χ3n) is 4.99. The second-order valence-electron chi connectivity index (χ2n) is 6.32. The summed E-state index contributed by atoms with van der Waals surface area (Å²) in [6.07, 6.45) is 4.29. The van der Waals surface area contributed by atoms with Crippen molar-refractivity contribution in [1.29, 1.82) is 0 Å². The minimum absolute atomic E-state index is 0.554. The fourth-order valence-electron chi connectivity index (χ4n) is 3.66. The van der Waals surface area contributed by atoms with Crippen molar-refractivity contribution >= 4 is 28.6 Å². The maximum atomic E-state index is 6.09. The van der Waals surface area contributed by atoms with Gasteiger partial charge in [-0.2, -0.15) is 16.3 Å². The van der Waals surface area contributed by atoms with Crippen molar-refractivity contribution in [1.82, 2.24) is 14.9 Å². The molecule has 0 unspecified atom stereocenters. The third-order valence-corrected chi connectivity index (χ3v) is 5.67. The molecule has 6 heterocycles. The Bertz CT molecular complexity index is 820. The van der Waals surface area contributed by atoms with E-state index in [1.165, 1.54) is 31.5 Å². The zero-order valence-electron chi connectivity index (χ0n) is 12.8. The van der Waals surface area contributed by atoms with Crippen LogP contribution in [0.4, 0.5) is 6.01 Å². The van der Waals surface area contributed by atoms with Gasteiger partial charge in [0.05, 0.1) is 0 Å². The molecule has 3 aliphatic heterocycles. The van der Waals surface area contributed by atoms with E-state index in [-0.39, 0.29) is 0 Å². The average molecular weight is 326 g/mol. The molecule has 0 aromatic carbocycles. The topological polar surface area (TPSA) is 45.4 Å². The normalized spacial score (nSPS) is 24.3. The standard InChI is InChI=1S/C17H18N4OS/c1-4-20-5-2-14(1)21(7-6-20)17-19-16-15(22-17)9-13(10-18-16)12-3-8-23-11-12/h3,8-11,14H,1-2,4-7H2. The molecule has 118 valence electrons. The van der Waals surface area contributed by atoms with Crippen LogP contribution in [-0.4, -0.2) is 47.1 Å². The molecule has 6 rings (SSSR count). The van der Waals surface area contributed by atoms with Crippen LogP contribution >= 0.6 is 11.3 Å². The quantitative estimate of drug-likeness (QED) is 0.723. The summed E-state index contributed by atoms with van der Waals surface area (Å²) in [6.45, 7) is 4.49. The van der Waals surface area contributed by atoms with Crippen LogP contribution in [0.25, 0.3) is 22.4 Å². The van der Waals surface area contributed by atoms with Gasteiger partial charge in [-0.05, 0) is 41.3 Å². The number of anilines is 1. The molecule has 0 spiro atoms. The molecule has 2 bridgehead atoms. The first-order valence-electron chi connectivity index (χ1n) is 8.15. The molecule has 0 saturated carbocycles. The first kappa shape index (κ1) is 13.5. The summed E-state index contributed by atoms with van der Waals surface area (Å²) in [4.78, 5) is 14.0. The van der Waals surface area contributed by atoms with E-state index < -0.39 is 0 Å². The van der Waals surface area contributed by atoms with Gasteiger partial charge in [-0.25, -0.2) is 4.98 Å². The highest BCUT2D eigenvalue weighted by Gasteiger charge is 2.31. The number of piperidine rings is 1. The lowest BCUT2D eigenvalue weighted by Crippen LogP contribution is -2.38. The molecule has 5 nitrogen and oxygen atoms in total. The molecule has 3 aromatic heterocycles. The van der Waals surface area contributed by atoms with Crippen LogP contribution in [-0.2, 0) is 0 Å². The molecular formula is C17H18N4OS. The minimum atomic E-state index is 0.554. The van der Waals surface area contributed by atoms with Crippen molar-refractivity contribution < 1.29 is 4.42 Å². The molecule has 0 amide bonds. The van der Waals surface area contributed by atoms with Gasteiger partial charge >= 0.3 is 0 Å². The van der Waals surface area contributed by atoms with Crippen LogP contribution in [0, 0.1) is 0 Å². The lowest BCUT2D eigenvalue weighted by molar-refractivity contribution is 0.249. The number of pyridine rings is 1. The van der Waals surface area contributed by atoms with Gasteiger partial charge in [-0.15, -0.1) is 0 Å². The summed E-state index contributed by atoms with van der Waals surface area (Å²) >= 11 is 1.69. The predicted molar refractivity (Wildman–Crippen MR) is 91.9 cm³/mol. The van der Waals surface area contributed by atoms with E-state index in [0.717, 1.165) is 30.3 Å². The predicted octanol–water partition coefficient (Wildman–Crippen LogP) is 3.24. The van der Waals surface area contributed by atoms with E-state index in [1.807, 2.05) is 6.20 Å². The summed E-state index contributed by atoms with van der Waals surface area (Å²) in [6, 6.07) is 5.45. The first-order chi connectivity index (χ1) is 11.4. The zero-order chi connectivity index (χ0) is 15.2. The Morgan fingerprint density at radius 3 is 2.87 bits per heavy atom. The number of thiophene rings is 1. The third kappa shape index (κ3) is 2.33. The van der Waals surface area contributed by atoms with Gasteiger partial charge in [-0.3, -0.25) is 0 Å². The average Bonchev–Trinajstić information content (AvgIpc) is 3.17. The number of hydrogen-bond acceptors (Lipinski definition) is 6. The monoisotopic (exact) mass is 326 g/mol. The Balaban J connectivity index is 1.52. The highest BCUT2D eigenvalue weighted by Crippen LogP contribution is 2.30. The summed E-state index contributed by atoms with van der Waals surface area (Å²) < 4.78 is 6.09. The first-order valence-corrected chi connectivity index (χ1v) is 9.09. The van der Waals surface area contributed by atoms with Gasteiger partial charge < -0.3 is 14.2 Å². The summed E-state index contributed by atoms with van der Waals surface area (Å²) in [5.41, 5.74) is 3.76. The van der Waals surface area contributed by atoms with E-state index in [9.17, 15) is 0 Å². The van der Waals surface area contributed by atoms with E-state index in [1.54, 1.807) is 11.3 Å². The molecule has 6 heteroatoms. The Labute approximate surface area is 138 Å². The molecule has 0 aliphatic carbocycles. The minimum Gasteiger partial charge on any atom is -0.422 e. The van der Waals surface area contributed by atoms with Crippen LogP contribution in [0.2, 0.25) is 0 Å². The number of rotatable bonds is 2. The van der Waals surface area contributed by atoms with Crippen molar-refractivity contribution in [3.8, 4) is 11.1 Å². The van der Waals surface area contributed by atoms with Crippen LogP contribution in [0.1, 0.15) is 12.8 Å². The van der Waals surface area contributed by atoms with Gasteiger partial charge in [0.2, 0.25) is 5.65 Å². The van der Waals surface area contributed by atoms with Gasteiger partial charge in [-0.1, -0.05) is 0 Å². The fraction of sp³-hybridized carbons (Fsp3) is 0.412. The number of nitrogens with zero attached hydrogens (tertiary/aromatic N) is 4. The summed E-state index contributed by atoms with van der Waals surface area (Å²) in [5, 5.41) is 4.20. The van der Waals surface area contributed by atoms with Crippen LogP contribution in [0.3, 0.4) is 0 Å². The summed E-state index contributed by atoms with van der Waals surface area (Å²) in [5.74, 6) is 0. The van der Waals surface area contributed by atoms with Crippen LogP contribution < -0.4 is 4.90 Å². The second kappa shape index (κ2) is 5.32. The SMILES string of the molecule is c1cc(-c2cnc3nc(N4CCN5CCC4CC5)oc3c2)cs1. The lowest BCUT2D eigenvalue weighted by atomic mass is 10.1. The second-order valence-corrected chi connectivity index (χ2v) is 7.10. The Kier molecular flexibility index (Phi) is 3.12. The van der Waals surface area contributed by atoms with Crippen molar-refractivity contribution in [2.45, 2.75) is 18.9 Å². The Hall–Kier alpha value is -1.92. The molecule has 0 N–H and O–H groups in total. The van der Waals surface area contributed by atoms with E-state index in [2.05, 4.69) is 42.7 Å². The molecule has 0 radical (unpaired) electrons. The summed E-state index contributed by atoms with van der Waals surface area (Å²) in [7, 11) is 0. The number of oxazole rings is 1. The van der Waals surface area contributed by atoms with Gasteiger partial charge in [0, 0.05) is 44.0 Å². The Morgan fingerprint density at radius 2 is 2.04 bits per heavy atom. The van der Waals surface area contributed by atoms with Crippen molar-refractivity contribution in [2.75, 3.05) is 31.1 Å². The van der Waals surface area contributed by atoms with Gasteiger partial charge in [0.25, 0.3) is 6.01 Å². The number of hydrogen-bond donors (Lipinski definition) is 0. The molecule has 3 aliphatic rings. The zero-order valence-corrected chi connectivity index (χ0v) is 13.6. The molecular weight excluding hydrogens is 308 g/mol. The van der Waals surface area contributed by atoms with Crippen molar-refractivity contribution in [2.24, 2.45) is 0 Å². The number of fused-ring (bicyclic) bond motifs is 5. The Morgan fingerprint density at radius 1 is 1.13 bits per heavy atom. The maximum Gasteiger partial charge on any atom is 0.300 e. The van der Waals surface area contributed by atoms with Gasteiger partial charge in [0.1, 0.15) is 0 Å². The highest BCUT2D eigenvalue weighted by atomic mass is 32.1. The molecule has 0 atom stereocenters. The van der Waals surface area contributed by atoms with Crippen LogP contribution in [0.15, 0.2) is 33.5 Å². The number of aromatic nitrogens is 2. The molecule has 3 saturated heterocycles. The largest absolute Gasteiger partial charge is 0.422 e. The lowest BCUT2D eigenvalue weighted by Gasteiger charge is -2.30. The molecule has 23 heavy (non-hydrogen) atoms. The highest BCUT2D eigenvalue weighted by molar-refractivity contribution is 7.08. The van der Waals surface area contributed by atoms with Crippen molar-refractivity contribution in [3.05, 3.63) is 29.1 Å². The van der Waals surface area contributed by atoms with Gasteiger partial charge in [0.15, 0.2) is 5.58 Å². The molecule has 3 fully saturated rings. The van der Waals surface area contributed by atoms with Crippen LogP contribution in [0.5, 0.6) is 0 Å². The maximum absolute atomic E-state index is 6.09. The van der Waals surface area contributed by atoms with E-state index in [4.69, 9.17) is 4.42 Å².